The number of carbonyl (C=O) groups is 1. The minimum Gasteiger partial charge on any atom is -0.460 e. The first kappa shape index (κ1) is 10.5. The number of carbonyl (C=O) groups excluding carboxylic acids is 1. The van der Waals surface area contributed by atoms with Gasteiger partial charge in [0.05, 0.1) is 5.41 Å². The molecule has 0 amide bonds. The Kier molecular flexibility index (Phi) is 2.70. The van der Waals surface area contributed by atoms with Crippen LogP contribution in [0.25, 0.3) is 0 Å². The van der Waals surface area contributed by atoms with Gasteiger partial charge in [-0.1, -0.05) is 0 Å². The Balaban J connectivity index is 4.11. The van der Waals surface area contributed by atoms with Gasteiger partial charge < -0.3 is 4.74 Å². The van der Waals surface area contributed by atoms with Crippen molar-refractivity contribution in [2.24, 2.45) is 5.41 Å². The van der Waals surface area contributed by atoms with Gasteiger partial charge in [0.1, 0.15) is 5.60 Å². The van der Waals surface area contributed by atoms with E-state index in [1.807, 2.05) is 20.8 Å². The molecule has 0 aromatic carbocycles. The first-order valence-electron chi connectivity index (χ1n) is 3.72. The Labute approximate surface area is 68.9 Å². The predicted octanol–water partition coefficient (Wildman–Crippen LogP) is 2.19. The van der Waals surface area contributed by atoms with Crippen molar-refractivity contribution in [3.63, 3.8) is 0 Å². The zero-order chi connectivity index (χ0) is 9.28. The van der Waals surface area contributed by atoms with Crippen molar-refractivity contribution in [1.82, 2.24) is 0 Å². The average Bonchev–Trinajstić information content (AvgIpc) is 1.56. The second-order valence-electron chi connectivity index (χ2n) is 4.39. The summed E-state index contributed by atoms with van der Waals surface area (Å²) in [5.41, 5.74) is -1.06. The Hall–Kier alpha value is -0.530. The second kappa shape index (κ2) is 2.84. The summed E-state index contributed by atoms with van der Waals surface area (Å²) < 4.78 is 5.10. The smallest absolute Gasteiger partial charge is 0.312 e. The summed E-state index contributed by atoms with van der Waals surface area (Å²) in [4.78, 5) is 11.2. The molecule has 11 heavy (non-hydrogen) atoms. The number of esters is 1. The van der Waals surface area contributed by atoms with Gasteiger partial charge in [-0.15, -0.1) is 0 Å². The Morgan fingerprint density at radius 2 is 1.55 bits per heavy atom. The lowest BCUT2D eigenvalue weighted by atomic mass is 9.97. The molecule has 0 heterocycles. The molecular formula is C9H17O2. The fraction of sp³-hybridized carbons (Fsp3) is 0.778. The molecule has 0 fully saturated rings. The minimum absolute atomic E-state index is 0.259. The van der Waals surface area contributed by atoms with Crippen LogP contribution in [0.3, 0.4) is 0 Å². The van der Waals surface area contributed by atoms with Crippen molar-refractivity contribution in [3.8, 4) is 0 Å². The summed E-state index contributed by atoms with van der Waals surface area (Å²) >= 11 is 0. The highest BCUT2D eigenvalue weighted by molar-refractivity contribution is 5.76. The zero-order valence-corrected chi connectivity index (χ0v) is 8.02. The molecule has 0 spiro atoms. The lowest BCUT2D eigenvalue weighted by Gasteiger charge is -2.25. The van der Waals surface area contributed by atoms with E-state index in [1.165, 1.54) is 0 Å². The van der Waals surface area contributed by atoms with Crippen molar-refractivity contribution in [2.45, 2.75) is 40.2 Å². The highest BCUT2D eigenvalue weighted by atomic mass is 16.6. The van der Waals surface area contributed by atoms with Crippen LogP contribution < -0.4 is 0 Å². The molecule has 2 heteroatoms. The molecule has 0 N–H and O–H groups in total. The normalized spacial score (nSPS) is 12.9. The van der Waals surface area contributed by atoms with E-state index in [1.54, 1.807) is 13.8 Å². The van der Waals surface area contributed by atoms with Gasteiger partial charge in [-0.3, -0.25) is 4.79 Å². The molecule has 65 valence electrons. The standard InChI is InChI=1S/C9H17O2/c1-8(2,3)7(10)11-9(4,5)6/h1H2,2-6H3. The van der Waals surface area contributed by atoms with Gasteiger partial charge in [0.25, 0.3) is 0 Å². The van der Waals surface area contributed by atoms with E-state index < -0.39 is 11.0 Å². The molecule has 0 aromatic heterocycles. The third kappa shape index (κ3) is 4.82. The van der Waals surface area contributed by atoms with Gasteiger partial charge >= 0.3 is 5.97 Å². The van der Waals surface area contributed by atoms with Crippen LogP contribution in [0.2, 0.25) is 0 Å². The number of ether oxygens (including phenoxy) is 1. The van der Waals surface area contributed by atoms with Gasteiger partial charge in [0, 0.05) is 0 Å². The minimum atomic E-state index is -0.646. The van der Waals surface area contributed by atoms with E-state index in [0.717, 1.165) is 0 Å². The molecule has 0 aliphatic carbocycles. The number of hydrogen-bond acceptors (Lipinski definition) is 2. The third-order valence-corrected chi connectivity index (χ3v) is 0.951. The molecule has 1 radical (unpaired) electrons. The Bertz CT molecular complexity index is 146. The molecule has 0 atom stereocenters. The molecule has 0 saturated heterocycles. The van der Waals surface area contributed by atoms with Crippen molar-refractivity contribution in [1.29, 1.82) is 0 Å². The molecule has 0 bridgehead atoms. The predicted molar refractivity (Wildman–Crippen MR) is 45.0 cm³/mol. The number of rotatable bonds is 1. The van der Waals surface area contributed by atoms with Gasteiger partial charge in [0.15, 0.2) is 0 Å². The molecule has 0 aliphatic rings. The largest absolute Gasteiger partial charge is 0.460 e. The van der Waals surface area contributed by atoms with Gasteiger partial charge in [-0.25, -0.2) is 0 Å². The maximum Gasteiger partial charge on any atom is 0.312 e. The fourth-order valence-corrected chi connectivity index (χ4v) is 0.416. The van der Waals surface area contributed by atoms with E-state index in [-0.39, 0.29) is 5.97 Å². The molecule has 2 nitrogen and oxygen atoms in total. The highest BCUT2D eigenvalue weighted by Gasteiger charge is 2.27. The average molecular weight is 157 g/mol. The summed E-state index contributed by atoms with van der Waals surface area (Å²) in [6, 6.07) is 0. The quantitative estimate of drug-likeness (QED) is 0.545. The lowest BCUT2D eigenvalue weighted by Crippen LogP contribution is -2.32. The molecule has 0 saturated carbocycles. The van der Waals surface area contributed by atoms with Crippen LogP contribution in [0.15, 0.2) is 0 Å². The molecule has 0 aliphatic heterocycles. The summed E-state index contributed by atoms with van der Waals surface area (Å²) in [6.07, 6.45) is 0. The third-order valence-electron chi connectivity index (χ3n) is 0.951. The first-order valence-corrected chi connectivity index (χ1v) is 3.72. The lowest BCUT2D eigenvalue weighted by molar-refractivity contribution is -0.163. The summed E-state index contributed by atoms with van der Waals surface area (Å²) in [5.74, 6) is -0.259. The SMILES string of the molecule is [CH2]C(C)(C)C(=O)OC(C)(C)C. The van der Waals surface area contributed by atoms with Gasteiger partial charge in [-0.05, 0) is 41.5 Å². The maximum atomic E-state index is 11.2. The van der Waals surface area contributed by atoms with Crippen LogP contribution in [0, 0.1) is 12.3 Å². The van der Waals surface area contributed by atoms with E-state index in [4.69, 9.17) is 4.74 Å². The molecule has 0 rings (SSSR count). The number of hydrogen-bond donors (Lipinski definition) is 0. The molecule has 0 unspecified atom stereocenters. The van der Waals surface area contributed by atoms with Crippen LogP contribution in [0.4, 0.5) is 0 Å². The Morgan fingerprint density at radius 1 is 1.18 bits per heavy atom. The first-order chi connectivity index (χ1) is 4.63. The monoisotopic (exact) mass is 157 g/mol. The van der Waals surface area contributed by atoms with Crippen LogP contribution in [-0.4, -0.2) is 11.6 Å². The van der Waals surface area contributed by atoms with Crippen LogP contribution in [0.5, 0.6) is 0 Å². The topological polar surface area (TPSA) is 26.3 Å². The van der Waals surface area contributed by atoms with E-state index in [0.29, 0.717) is 0 Å². The van der Waals surface area contributed by atoms with Crippen LogP contribution in [-0.2, 0) is 9.53 Å². The maximum absolute atomic E-state index is 11.2. The highest BCUT2D eigenvalue weighted by Crippen LogP contribution is 2.19. The molecule has 0 aromatic rings. The van der Waals surface area contributed by atoms with Crippen molar-refractivity contribution in [2.75, 3.05) is 0 Å². The van der Waals surface area contributed by atoms with Gasteiger partial charge in [0.2, 0.25) is 0 Å². The molecular weight excluding hydrogens is 140 g/mol. The van der Waals surface area contributed by atoms with Crippen LogP contribution in [0.1, 0.15) is 34.6 Å². The van der Waals surface area contributed by atoms with E-state index in [9.17, 15) is 4.79 Å². The van der Waals surface area contributed by atoms with Crippen molar-refractivity contribution in [3.05, 3.63) is 6.92 Å². The van der Waals surface area contributed by atoms with Crippen LogP contribution >= 0.6 is 0 Å². The summed E-state index contributed by atoms with van der Waals surface area (Å²) in [5, 5.41) is 0. The Morgan fingerprint density at radius 3 is 1.64 bits per heavy atom. The fourth-order valence-electron chi connectivity index (χ4n) is 0.416. The van der Waals surface area contributed by atoms with E-state index >= 15 is 0 Å². The van der Waals surface area contributed by atoms with Crippen molar-refractivity contribution >= 4 is 5.97 Å². The van der Waals surface area contributed by atoms with Gasteiger partial charge in [-0.2, -0.15) is 0 Å². The van der Waals surface area contributed by atoms with E-state index in [2.05, 4.69) is 6.92 Å². The zero-order valence-electron chi connectivity index (χ0n) is 8.02. The summed E-state index contributed by atoms with van der Waals surface area (Å²) in [6.45, 7) is 12.7. The second-order valence-corrected chi connectivity index (χ2v) is 4.39. The summed E-state index contributed by atoms with van der Waals surface area (Å²) in [7, 11) is 0. The van der Waals surface area contributed by atoms with Crippen molar-refractivity contribution < 1.29 is 9.53 Å².